The van der Waals surface area contributed by atoms with Crippen LogP contribution < -0.4 is 14.2 Å². The Hall–Kier alpha value is -4.20. The van der Waals surface area contributed by atoms with Crippen LogP contribution in [-0.2, 0) is 11.2 Å². The lowest BCUT2D eigenvalue weighted by atomic mass is 9.92. The van der Waals surface area contributed by atoms with Gasteiger partial charge in [0, 0.05) is 29.1 Å². The number of carbonyl (C=O) groups excluding carboxylic acids is 2. The third kappa shape index (κ3) is 2.98. The number of hydrogen-bond acceptors (Lipinski definition) is 6. The molecule has 0 fully saturated rings. The van der Waals surface area contributed by atoms with Gasteiger partial charge in [-0.25, -0.2) is 4.79 Å². The van der Waals surface area contributed by atoms with Crippen LogP contribution in [0.15, 0.2) is 48.5 Å². The highest BCUT2D eigenvalue weighted by molar-refractivity contribution is 5.87. The fourth-order valence-electron chi connectivity index (χ4n) is 4.80. The number of benzene rings is 2. The molecule has 0 aliphatic carbocycles. The van der Waals surface area contributed by atoms with Crippen molar-refractivity contribution in [1.29, 1.82) is 0 Å². The van der Waals surface area contributed by atoms with Crippen LogP contribution in [0.25, 0.3) is 10.9 Å². The summed E-state index contributed by atoms with van der Waals surface area (Å²) in [4.78, 5) is 27.8. The first-order valence-corrected chi connectivity index (χ1v) is 10.7. The molecular weight excluding hydrogens is 424 g/mol. The summed E-state index contributed by atoms with van der Waals surface area (Å²) in [5.74, 6) is 1.65. The van der Waals surface area contributed by atoms with E-state index in [1.807, 2.05) is 41.0 Å². The summed E-state index contributed by atoms with van der Waals surface area (Å²) in [5, 5.41) is 1.08. The first kappa shape index (κ1) is 19.5. The molecule has 2 aromatic heterocycles. The van der Waals surface area contributed by atoms with E-state index in [1.54, 1.807) is 13.0 Å². The van der Waals surface area contributed by atoms with Crippen molar-refractivity contribution in [3.63, 3.8) is 0 Å². The summed E-state index contributed by atoms with van der Waals surface area (Å²) < 4.78 is 23.5. The van der Waals surface area contributed by atoms with Crippen molar-refractivity contribution < 1.29 is 28.5 Å². The molecule has 8 nitrogen and oxygen atoms in total. The Morgan fingerprint density at radius 1 is 1.18 bits per heavy atom. The van der Waals surface area contributed by atoms with Crippen molar-refractivity contribution in [2.24, 2.45) is 0 Å². The molecular formula is C25H20N2O6. The average molecular weight is 444 g/mol. The van der Waals surface area contributed by atoms with E-state index in [0.29, 0.717) is 29.4 Å². The van der Waals surface area contributed by atoms with Crippen LogP contribution in [0.3, 0.4) is 0 Å². The predicted molar refractivity (Wildman–Crippen MR) is 118 cm³/mol. The molecule has 0 spiro atoms. The molecule has 2 aromatic carbocycles. The lowest BCUT2D eigenvalue weighted by Crippen LogP contribution is -2.23. The highest BCUT2D eigenvalue weighted by atomic mass is 16.7. The molecule has 0 saturated carbocycles. The van der Waals surface area contributed by atoms with E-state index < -0.39 is 6.16 Å². The smallest absolute Gasteiger partial charge is 0.454 e. The van der Waals surface area contributed by atoms with E-state index in [4.69, 9.17) is 18.9 Å². The topological polar surface area (TPSA) is 91.8 Å². The molecule has 4 aromatic rings. The standard InChI is InChI=1S/C25H20N2O6/c1-2-30-25(29)33-21-10-15(12-28)27-19(21)11-17-16-5-3-4-6-18(16)26-23(17)24(27)14-7-8-20-22(9-14)32-13-31-20/h3-10,12,24,26H,2,11,13H2,1H3. The fourth-order valence-corrected chi connectivity index (χ4v) is 4.80. The van der Waals surface area contributed by atoms with Gasteiger partial charge in [0.15, 0.2) is 23.5 Å². The third-order valence-electron chi connectivity index (χ3n) is 6.14. The summed E-state index contributed by atoms with van der Waals surface area (Å²) in [6.07, 6.45) is 0.464. The largest absolute Gasteiger partial charge is 0.513 e. The normalized spacial score (nSPS) is 15.7. The van der Waals surface area contributed by atoms with Crippen LogP contribution in [-0.4, -0.2) is 35.4 Å². The summed E-state index contributed by atoms with van der Waals surface area (Å²) in [6.45, 7) is 2.08. The van der Waals surface area contributed by atoms with Crippen LogP contribution in [0.4, 0.5) is 4.79 Å². The second-order valence-electron chi connectivity index (χ2n) is 7.91. The zero-order valence-electron chi connectivity index (χ0n) is 17.8. The van der Waals surface area contributed by atoms with Gasteiger partial charge in [-0.1, -0.05) is 24.3 Å². The number of carbonyl (C=O) groups is 2. The molecule has 8 heteroatoms. The molecule has 0 radical (unpaired) electrons. The Bertz CT molecular complexity index is 1420. The Morgan fingerprint density at radius 3 is 2.88 bits per heavy atom. The van der Waals surface area contributed by atoms with Gasteiger partial charge in [-0.15, -0.1) is 0 Å². The van der Waals surface area contributed by atoms with Crippen LogP contribution >= 0.6 is 0 Å². The summed E-state index contributed by atoms with van der Waals surface area (Å²) in [7, 11) is 0. The molecule has 4 heterocycles. The molecule has 166 valence electrons. The van der Waals surface area contributed by atoms with Gasteiger partial charge >= 0.3 is 6.16 Å². The van der Waals surface area contributed by atoms with E-state index in [9.17, 15) is 9.59 Å². The van der Waals surface area contributed by atoms with Crippen molar-refractivity contribution in [2.75, 3.05) is 13.4 Å². The molecule has 0 amide bonds. The van der Waals surface area contributed by atoms with E-state index >= 15 is 0 Å². The van der Waals surface area contributed by atoms with Gasteiger partial charge in [-0.2, -0.15) is 0 Å². The summed E-state index contributed by atoms with van der Waals surface area (Å²) in [5.41, 5.74) is 5.10. The number of para-hydroxylation sites is 1. The summed E-state index contributed by atoms with van der Waals surface area (Å²) in [6, 6.07) is 15.1. The van der Waals surface area contributed by atoms with Crippen LogP contribution in [0.1, 0.15) is 46.0 Å². The number of aromatic nitrogens is 2. The lowest BCUT2D eigenvalue weighted by molar-refractivity contribution is 0.103. The lowest BCUT2D eigenvalue weighted by Gasteiger charge is -2.29. The minimum Gasteiger partial charge on any atom is -0.454 e. The Labute approximate surface area is 188 Å². The SMILES string of the molecule is CCOC(=O)Oc1cc(C=O)n2c1Cc1c([nH]c3ccccc13)C2c1ccc2c(c1)OCO2. The fraction of sp³-hybridized carbons (Fsp3) is 0.200. The number of ether oxygens (including phenoxy) is 4. The van der Waals surface area contributed by atoms with Gasteiger partial charge in [-0.3, -0.25) is 4.79 Å². The molecule has 1 unspecified atom stereocenters. The van der Waals surface area contributed by atoms with Crippen molar-refractivity contribution in [1.82, 2.24) is 9.55 Å². The summed E-state index contributed by atoms with van der Waals surface area (Å²) >= 11 is 0. The van der Waals surface area contributed by atoms with Crippen LogP contribution in [0.2, 0.25) is 0 Å². The zero-order chi connectivity index (χ0) is 22.5. The molecule has 0 bridgehead atoms. The maximum Gasteiger partial charge on any atom is 0.513 e. The Kier molecular flexibility index (Phi) is 4.39. The van der Waals surface area contributed by atoms with Crippen LogP contribution in [0, 0.1) is 0 Å². The first-order valence-electron chi connectivity index (χ1n) is 10.7. The van der Waals surface area contributed by atoms with Gasteiger partial charge in [0.2, 0.25) is 6.79 Å². The monoisotopic (exact) mass is 444 g/mol. The first-order chi connectivity index (χ1) is 16.2. The van der Waals surface area contributed by atoms with Gasteiger partial charge < -0.3 is 28.5 Å². The number of fused-ring (bicyclic) bond motifs is 5. The second kappa shape index (κ2) is 7.44. The molecule has 1 atom stereocenters. The highest BCUT2D eigenvalue weighted by Crippen LogP contribution is 2.45. The Morgan fingerprint density at radius 2 is 2.03 bits per heavy atom. The van der Waals surface area contributed by atoms with Crippen molar-refractivity contribution in [3.05, 3.63) is 76.7 Å². The average Bonchev–Trinajstić information content (AvgIpc) is 3.53. The molecule has 0 saturated heterocycles. The predicted octanol–water partition coefficient (Wildman–Crippen LogP) is 4.59. The minimum atomic E-state index is -0.798. The minimum absolute atomic E-state index is 0.174. The molecule has 2 aliphatic heterocycles. The van der Waals surface area contributed by atoms with Crippen molar-refractivity contribution >= 4 is 23.3 Å². The maximum atomic E-state index is 12.1. The number of aromatic amines is 1. The quantitative estimate of drug-likeness (QED) is 0.322. The van der Waals surface area contributed by atoms with E-state index in [0.717, 1.165) is 39.7 Å². The van der Waals surface area contributed by atoms with Crippen molar-refractivity contribution in [2.45, 2.75) is 19.4 Å². The second-order valence-corrected chi connectivity index (χ2v) is 7.91. The van der Waals surface area contributed by atoms with Gasteiger partial charge in [0.25, 0.3) is 0 Å². The molecule has 2 aliphatic rings. The molecule has 33 heavy (non-hydrogen) atoms. The van der Waals surface area contributed by atoms with Gasteiger partial charge in [0.05, 0.1) is 24.0 Å². The number of aldehydes is 1. The van der Waals surface area contributed by atoms with Crippen LogP contribution in [0.5, 0.6) is 17.2 Å². The van der Waals surface area contributed by atoms with E-state index in [1.165, 1.54) is 0 Å². The highest BCUT2D eigenvalue weighted by Gasteiger charge is 2.35. The number of nitrogens with one attached hydrogen (secondary N) is 1. The molecule has 1 N–H and O–H groups in total. The maximum absolute atomic E-state index is 12.1. The number of rotatable bonds is 4. The van der Waals surface area contributed by atoms with Gasteiger partial charge in [0.1, 0.15) is 0 Å². The van der Waals surface area contributed by atoms with Crippen molar-refractivity contribution in [3.8, 4) is 17.2 Å². The number of hydrogen-bond donors (Lipinski definition) is 1. The van der Waals surface area contributed by atoms with E-state index in [-0.39, 0.29) is 19.4 Å². The number of nitrogens with zero attached hydrogens (tertiary/aromatic N) is 1. The third-order valence-corrected chi connectivity index (χ3v) is 6.14. The molecule has 6 rings (SSSR count). The zero-order valence-corrected chi connectivity index (χ0v) is 17.8. The number of H-pyrrole nitrogens is 1. The Balaban J connectivity index is 1.58. The van der Waals surface area contributed by atoms with Gasteiger partial charge in [-0.05, 0) is 36.2 Å². The van der Waals surface area contributed by atoms with E-state index in [2.05, 4.69) is 11.1 Å².